The number of carbonyl (C=O) groups is 4. The third-order valence-electron chi connectivity index (χ3n) is 4.84. The van der Waals surface area contributed by atoms with Crippen LogP contribution in [0, 0.1) is 0 Å². The van der Waals surface area contributed by atoms with Gasteiger partial charge in [0.05, 0.1) is 11.3 Å². The van der Waals surface area contributed by atoms with E-state index in [4.69, 9.17) is 4.74 Å². The average Bonchev–Trinajstić information content (AvgIpc) is 3.08. The first-order chi connectivity index (χ1) is 14.0. The fourth-order valence-electron chi connectivity index (χ4n) is 3.15. The highest BCUT2D eigenvalue weighted by Crippen LogP contribution is 2.23. The van der Waals surface area contributed by atoms with Gasteiger partial charge in [-0.25, -0.2) is 4.79 Å². The number of Topliss-reactive ketones (excluding diaryl/α,β-unsaturated/α-hetero) is 1. The molecule has 0 N–H and O–H groups in total. The Morgan fingerprint density at radius 1 is 0.897 bits per heavy atom. The predicted octanol–water partition coefficient (Wildman–Crippen LogP) is 3.72. The molecule has 1 saturated heterocycles. The molecule has 2 aromatic rings. The maximum Gasteiger partial charge on any atom is 0.338 e. The molecule has 6 heteroatoms. The molecule has 0 spiro atoms. The second-order valence-electron chi connectivity index (χ2n) is 6.97. The molecule has 29 heavy (non-hydrogen) atoms. The van der Waals surface area contributed by atoms with Crippen LogP contribution in [-0.2, 0) is 20.7 Å². The van der Waals surface area contributed by atoms with Crippen LogP contribution in [0.3, 0.4) is 0 Å². The molecular weight excluding hydrogens is 370 g/mol. The van der Waals surface area contributed by atoms with Crippen LogP contribution in [0.4, 0.5) is 5.69 Å². The highest BCUT2D eigenvalue weighted by atomic mass is 16.5. The van der Waals surface area contributed by atoms with Gasteiger partial charge in [0.2, 0.25) is 11.8 Å². The van der Waals surface area contributed by atoms with E-state index in [0.29, 0.717) is 11.3 Å². The SMILES string of the molecule is CCCCc1ccc(C(=O)COC(=O)c2ccc(N3C(=O)CCC3=O)cc2)cc1. The number of ketones is 1. The minimum atomic E-state index is -0.636. The molecular formula is C23H23NO5. The number of imide groups is 1. The lowest BCUT2D eigenvalue weighted by Crippen LogP contribution is -2.28. The Bertz CT molecular complexity index is 899. The van der Waals surface area contributed by atoms with Gasteiger partial charge in [-0.1, -0.05) is 37.6 Å². The predicted molar refractivity (Wildman–Crippen MR) is 108 cm³/mol. The Morgan fingerprint density at radius 2 is 1.48 bits per heavy atom. The smallest absolute Gasteiger partial charge is 0.338 e. The van der Waals surface area contributed by atoms with E-state index >= 15 is 0 Å². The van der Waals surface area contributed by atoms with Crippen LogP contribution in [0.2, 0.25) is 0 Å². The Balaban J connectivity index is 1.55. The van der Waals surface area contributed by atoms with Crippen LogP contribution in [0.5, 0.6) is 0 Å². The van der Waals surface area contributed by atoms with Gasteiger partial charge < -0.3 is 4.74 Å². The summed E-state index contributed by atoms with van der Waals surface area (Å²) in [5.74, 6) is -1.41. The van der Waals surface area contributed by atoms with Crippen LogP contribution < -0.4 is 4.90 Å². The van der Waals surface area contributed by atoms with Gasteiger partial charge in [-0.05, 0) is 42.7 Å². The lowest BCUT2D eigenvalue weighted by molar-refractivity contribution is -0.121. The van der Waals surface area contributed by atoms with Crippen LogP contribution in [0.25, 0.3) is 0 Å². The van der Waals surface area contributed by atoms with Crippen molar-refractivity contribution in [2.24, 2.45) is 0 Å². The second kappa shape index (κ2) is 9.28. The molecule has 3 rings (SSSR count). The van der Waals surface area contributed by atoms with Crippen molar-refractivity contribution in [3.63, 3.8) is 0 Å². The molecule has 0 saturated carbocycles. The maximum atomic E-state index is 12.2. The highest BCUT2D eigenvalue weighted by molar-refractivity contribution is 6.19. The Kier molecular flexibility index (Phi) is 6.54. The molecule has 1 aliphatic heterocycles. The van der Waals surface area contributed by atoms with Crippen molar-refractivity contribution in [2.45, 2.75) is 39.0 Å². The quantitative estimate of drug-likeness (QED) is 0.388. The van der Waals surface area contributed by atoms with Gasteiger partial charge in [0, 0.05) is 18.4 Å². The molecule has 0 atom stereocenters. The summed E-state index contributed by atoms with van der Waals surface area (Å²) in [5, 5.41) is 0. The summed E-state index contributed by atoms with van der Waals surface area (Å²) >= 11 is 0. The number of hydrogen-bond acceptors (Lipinski definition) is 5. The number of benzene rings is 2. The number of hydrogen-bond donors (Lipinski definition) is 0. The zero-order chi connectivity index (χ0) is 20.8. The molecule has 6 nitrogen and oxygen atoms in total. The van der Waals surface area contributed by atoms with E-state index < -0.39 is 5.97 Å². The van der Waals surface area contributed by atoms with Crippen molar-refractivity contribution in [1.29, 1.82) is 0 Å². The monoisotopic (exact) mass is 393 g/mol. The number of nitrogens with zero attached hydrogens (tertiary/aromatic N) is 1. The topological polar surface area (TPSA) is 80.8 Å². The number of ether oxygens (including phenoxy) is 1. The average molecular weight is 393 g/mol. The van der Waals surface area contributed by atoms with Crippen molar-refractivity contribution in [3.05, 3.63) is 65.2 Å². The first-order valence-corrected chi connectivity index (χ1v) is 9.74. The summed E-state index contributed by atoms with van der Waals surface area (Å²) in [6, 6.07) is 13.3. The number of unbranched alkanes of at least 4 members (excludes halogenated alkanes) is 1. The fourth-order valence-corrected chi connectivity index (χ4v) is 3.15. The summed E-state index contributed by atoms with van der Waals surface area (Å²) in [6.07, 6.45) is 3.59. The highest BCUT2D eigenvalue weighted by Gasteiger charge is 2.30. The Morgan fingerprint density at radius 3 is 2.07 bits per heavy atom. The number of esters is 1. The molecule has 1 fully saturated rings. The van der Waals surface area contributed by atoms with Crippen molar-refractivity contribution in [3.8, 4) is 0 Å². The fraction of sp³-hybridized carbons (Fsp3) is 0.304. The van der Waals surface area contributed by atoms with E-state index in [9.17, 15) is 19.2 Å². The van der Waals surface area contributed by atoms with Gasteiger partial charge in [0.25, 0.3) is 0 Å². The summed E-state index contributed by atoms with van der Waals surface area (Å²) in [5.41, 5.74) is 2.35. The minimum absolute atomic E-state index is 0.199. The van der Waals surface area contributed by atoms with Gasteiger partial charge in [-0.3, -0.25) is 19.3 Å². The molecule has 1 aliphatic rings. The lowest BCUT2D eigenvalue weighted by Gasteiger charge is -2.14. The van der Waals surface area contributed by atoms with Crippen LogP contribution >= 0.6 is 0 Å². The van der Waals surface area contributed by atoms with Crippen LogP contribution in [0.1, 0.15) is 58.9 Å². The molecule has 0 unspecified atom stereocenters. The maximum absolute atomic E-state index is 12.2. The van der Waals surface area contributed by atoms with E-state index in [-0.39, 0.29) is 42.6 Å². The van der Waals surface area contributed by atoms with Crippen LogP contribution in [-0.4, -0.2) is 30.2 Å². The van der Waals surface area contributed by atoms with Crippen LogP contribution in [0.15, 0.2) is 48.5 Å². The molecule has 0 aromatic heterocycles. The zero-order valence-corrected chi connectivity index (χ0v) is 16.3. The molecule has 150 valence electrons. The van der Waals surface area contributed by atoms with Crippen molar-refractivity contribution >= 4 is 29.3 Å². The van der Waals surface area contributed by atoms with Crippen molar-refractivity contribution < 1.29 is 23.9 Å². The van der Waals surface area contributed by atoms with E-state index in [2.05, 4.69) is 6.92 Å². The largest absolute Gasteiger partial charge is 0.454 e. The van der Waals surface area contributed by atoms with E-state index in [0.717, 1.165) is 24.2 Å². The number of rotatable bonds is 8. The number of amides is 2. The van der Waals surface area contributed by atoms with Gasteiger partial charge in [-0.2, -0.15) is 0 Å². The number of aryl methyl sites for hydroxylation is 1. The van der Waals surface area contributed by atoms with E-state index in [1.807, 2.05) is 12.1 Å². The van der Waals surface area contributed by atoms with Gasteiger partial charge in [0.15, 0.2) is 12.4 Å². The van der Waals surface area contributed by atoms with Crippen molar-refractivity contribution in [2.75, 3.05) is 11.5 Å². The molecule has 1 heterocycles. The minimum Gasteiger partial charge on any atom is -0.454 e. The van der Waals surface area contributed by atoms with Gasteiger partial charge in [-0.15, -0.1) is 0 Å². The second-order valence-corrected chi connectivity index (χ2v) is 6.97. The molecule has 0 bridgehead atoms. The van der Waals surface area contributed by atoms with Crippen molar-refractivity contribution in [1.82, 2.24) is 0 Å². The molecule has 2 amide bonds. The van der Waals surface area contributed by atoms with Gasteiger partial charge >= 0.3 is 5.97 Å². The molecule has 0 aliphatic carbocycles. The Labute approximate surface area is 169 Å². The lowest BCUT2D eigenvalue weighted by atomic mass is 10.0. The standard InChI is InChI=1S/C23H23NO5/c1-2-3-4-16-5-7-17(8-6-16)20(25)15-29-23(28)18-9-11-19(12-10-18)24-21(26)13-14-22(24)27/h5-12H,2-4,13-15H2,1H3. The summed E-state index contributed by atoms with van der Waals surface area (Å²) in [4.78, 5) is 49.1. The summed E-state index contributed by atoms with van der Waals surface area (Å²) in [6.45, 7) is 1.78. The van der Waals surface area contributed by atoms with E-state index in [1.54, 1.807) is 12.1 Å². The number of carbonyl (C=O) groups excluding carboxylic acids is 4. The zero-order valence-electron chi connectivity index (χ0n) is 16.3. The third kappa shape index (κ3) is 4.96. The molecule has 2 aromatic carbocycles. The summed E-state index contributed by atoms with van der Waals surface area (Å²) < 4.78 is 5.11. The first-order valence-electron chi connectivity index (χ1n) is 9.74. The third-order valence-corrected chi connectivity index (χ3v) is 4.84. The van der Waals surface area contributed by atoms with E-state index in [1.165, 1.54) is 29.8 Å². The number of anilines is 1. The molecule has 0 radical (unpaired) electrons. The normalized spacial score (nSPS) is 13.6. The summed E-state index contributed by atoms with van der Waals surface area (Å²) in [7, 11) is 0. The first kappa shape index (κ1) is 20.5. The van der Waals surface area contributed by atoms with Gasteiger partial charge in [0.1, 0.15) is 0 Å². The Hall–Kier alpha value is -3.28.